The van der Waals surface area contributed by atoms with E-state index in [1.54, 1.807) is 41.7 Å². The van der Waals surface area contributed by atoms with Gasteiger partial charge in [0.2, 0.25) is 11.9 Å². The summed E-state index contributed by atoms with van der Waals surface area (Å²) in [7, 11) is 8.48. The van der Waals surface area contributed by atoms with Crippen LogP contribution in [0.4, 0.5) is 23.5 Å². The molecule has 0 amide bonds. The van der Waals surface area contributed by atoms with Crippen LogP contribution in [0, 0.1) is 0 Å². The van der Waals surface area contributed by atoms with E-state index in [1.165, 1.54) is 6.39 Å². The molecule has 0 aromatic carbocycles. The summed E-state index contributed by atoms with van der Waals surface area (Å²) in [5.41, 5.74) is 1.26. The molecular formula is C28H45N9O6. The van der Waals surface area contributed by atoms with Crippen LogP contribution in [-0.2, 0) is 30.2 Å². The van der Waals surface area contributed by atoms with Gasteiger partial charge >= 0.3 is 0 Å². The molecule has 1 saturated heterocycles. The van der Waals surface area contributed by atoms with Gasteiger partial charge < -0.3 is 48.1 Å². The highest BCUT2D eigenvalue weighted by Crippen LogP contribution is 2.33. The Balaban J connectivity index is 1.87. The molecule has 4 heterocycles. The highest BCUT2D eigenvalue weighted by molar-refractivity contribution is 5.94. The first-order valence-electron chi connectivity index (χ1n) is 14.6. The number of rotatable bonds is 19. The van der Waals surface area contributed by atoms with Gasteiger partial charge in [0.1, 0.15) is 16.8 Å². The summed E-state index contributed by atoms with van der Waals surface area (Å²) in [6, 6.07) is 0. The van der Waals surface area contributed by atoms with Gasteiger partial charge in [0.05, 0.1) is 45.3 Å². The van der Waals surface area contributed by atoms with Crippen LogP contribution in [0.2, 0.25) is 0 Å². The van der Waals surface area contributed by atoms with Crippen LogP contribution in [0.5, 0.6) is 0 Å². The summed E-state index contributed by atoms with van der Waals surface area (Å²) < 4.78 is 32.7. The lowest BCUT2D eigenvalue weighted by Crippen LogP contribution is -2.38. The first kappa shape index (κ1) is 32.5. The smallest absolute Gasteiger partial charge is 0.228 e. The van der Waals surface area contributed by atoms with Crippen LogP contribution >= 0.6 is 0 Å². The van der Waals surface area contributed by atoms with Crippen LogP contribution in [0.3, 0.4) is 0 Å². The van der Waals surface area contributed by atoms with Crippen LogP contribution in [0.25, 0.3) is 11.0 Å². The van der Waals surface area contributed by atoms with Gasteiger partial charge in [0, 0.05) is 74.8 Å². The van der Waals surface area contributed by atoms with Crippen molar-refractivity contribution in [2.75, 3.05) is 121 Å². The second-order valence-corrected chi connectivity index (χ2v) is 10.1. The number of hydrogen-bond acceptors (Lipinski definition) is 15. The zero-order chi connectivity index (χ0) is 30.4. The summed E-state index contributed by atoms with van der Waals surface area (Å²) in [4.78, 5) is 30.7. The molecule has 1 aliphatic heterocycles. The molecule has 1 aliphatic rings. The standard InChI is InChI=1S/C28H45N9O6/c1-38-14-10-36(11-15-39-2)27-32-24-23(25(33-27)30-19-22-18-29-20-43-22)31-28(37(12-16-40-3)13-17-41-4)34-26(24)35-8-6-21(42-5)7-9-35/h18,20-21H,6-17,19H2,1-5H3,(H,30,32,33). The Morgan fingerprint density at radius 1 is 0.791 bits per heavy atom. The van der Waals surface area contributed by atoms with Gasteiger partial charge in [0.25, 0.3) is 0 Å². The molecule has 0 saturated carbocycles. The Morgan fingerprint density at radius 2 is 1.35 bits per heavy atom. The van der Waals surface area contributed by atoms with Crippen molar-refractivity contribution in [2.24, 2.45) is 0 Å². The Hall–Kier alpha value is -3.37. The number of anilines is 4. The molecule has 43 heavy (non-hydrogen) atoms. The highest BCUT2D eigenvalue weighted by atomic mass is 16.5. The second-order valence-electron chi connectivity index (χ2n) is 10.1. The van der Waals surface area contributed by atoms with Gasteiger partial charge in [-0.05, 0) is 12.8 Å². The average molecular weight is 604 g/mol. The van der Waals surface area contributed by atoms with Crippen molar-refractivity contribution in [3.63, 3.8) is 0 Å². The number of oxazole rings is 1. The minimum atomic E-state index is 0.214. The van der Waals surface area contributed by atoms with Gasteiger partial charge in [0.15, 0.2) is 18.0 Å². The lowest BCUT2D eigenvalue weighted by Gasteiger charge is -2.33. The summed E-state index contributed by atoms with van der Waals surface area (Å²) in [5, 5.41) is 3.43. The maximum absolute atomic E-state index is 5.65. The number of methoxy groups -OCH3 is 5. The predicted octanol–water partition coefficient (Wildman–Crippen LogP) is 1.83. The molecule has 0 radical (unpaired) electrons. The SMILES string of the molecule is COCCN(CCOC)c1nc(N2CCC(OC)CC2)c2nc(N(CCOC)CCOC)nc(NCc3cnco3)c2n1. The number of ether oxygens (including phenoxy) is 5. The summed E-state index contributed by atoms with van der Waals surface area (Å²) in [6.45, 7) is 6.32. The zero-order valence-corrected chi connectivity index (χ0v) is 26.0. The number of nitrogens with one attached hydrogen (secondary N) is 1. The second kappa shape index (κ2) is 17.1. The van der Waals surface area contributed by atoms with Crippen LogP contribution in [-0.4, -0.2) is 132 Å². The number of nitrogens with zero attached hydrogens (tertiary/aromatic N) is 8. The van der Waals surface area contributed by atoms with Gasteiger partial charge in [-0.1, -0.05) is 0 Å². The van der Waals surface area contributed by atoms with Crippen molar-refractivity contribution < 1.29 is 28.1 Å². The van der Waals surface area contributed by atoms with E-state index in [0.717, 1.165) is 31.7 Å². The Kier molecular flexibility index (Phi) is 12.9. The molecule has 0 spiro atoms. The minimum absolute atomic E-state index is 0.214. The fourth-order valence-corrected chi connectivity index (χ4v) is 4.84. The molecular weight excluding hydrogens is 558 g/mol. The Labute approximate surface area is 252 Å². The quantitative estimate of drug-likeness (QED) is 0.212. The van der Waals surface area contributed by atoms with Crippen molar-refractivity contribution in [2.45, 2.75) is 25.5 Å². The van der Waals surface area contributed by atoms with E-state index in [4.69, 9.17) is 48.0 Å². The Bertz CT molecular complexity index is 1210. The van der Waals surface area contributed by atoms with Gasteiger partial charge in [-0.25, -0.2) is 15.0 Å². The molecule has 0 atom stereocenters. The van der Waals surface area contributed by atoms with Crippen LogP contribution in [0.15, 0.2) is 17.0 Å². The van der Waals surface area contributed by atoms with E-state index < -0.39 is 0 Å². The largest absolute Gasteiger partial charge is 0.447 e. The maximum Gasteiger partial charge on any atom is 0.228 e. The molecule has 0 aliphatic carbocycles. The number of fused-ring (bicyclic) bond motifs is 1. The topological polar surface area (TPSA) is 145 Å². The lowest BCUT2D eigenvalue weighted by molar-refractivity contribution is 0.0818. The fraction of sp³-hybridized carbons (Fsp3) is 0.679. The summed E-state index contributed by atoms with van der Waals surface area (Å²) >= 11 is 0. The van der Waals surface area contributed by atoms with E-state index in [9.17, 15) is 0 Å². The molecule has 1 N–H and O–H groups in total. The van der Waals surface area contributed by atoms with Crippen LogP contribution < -0.4 is 20.0 Å². The third-order valence-electron chi connectivity index (χ3n) is 7.32. The molecule has 3 aromatic rings. The van der Waals surface area contributed by atoms with Crippen molar-refractivity contribution in [1.82, 2.24) is 24.9 Å². The Morgan fingerprint density at radius 3 is 1.86 bits per heavy atom. The molecule has 1 fully saturated rings. The number of aromatic nitrogens is 5. The van der Waals surface area contributed by atoms with Crippen molar-refractivity contribution in [3.8, 4) is 0 Å². The van der Waals surface area contributed by atoms with Crippen molar-refractivity contribution in [1.29, 1.82) is 0 Å². The first-order chi connectivity index (χ1) is 21.1. The molecule has 15 heteroatoms. The van der Waals surface area contributed by atoms with Gasteiger partial charge in [-0.2, -0.15) is 9.97 Å². The minimum Gasteiger partial charge on any atom is -0.447 e. The van der Waals surface area contributed by atoms with E-state index in [1.807, 2.05) is 4.90 Å². The monoisotopic (exact) mass is 603 g/mol. The zero-order valence-electron chi connectivity index (χ0n) is 26.0. The fourth-order valence-electron chi connectivity index (χ4n) is 4.84. The highest BCUT2D eigenvalue weighted by Gasteiger charge is 2.27. The summed E-state index contributed by atoms with van der Waals surface area (Å²) in [6.07, 6.45) is 5.06. The molecule has 0 bridgehead atoms. The van der Waals surface area contributed by atoms with E-state index in [-0.39, 0.29) is 6.10 Å². The molecule has 4 rings (SSSR count). The van der Waals surface area contributed by atoms with E-state index in [0.29, 0.717) is 93.7 Å². The predicted molar refractivity (Wildman–Crippen MR) is 163 cm³/mol. The molecule has 15 nitrogen and oxygen atoms in total. The van der Waals surface area contributed by atoms with E-state index in [2.05, 4.69) is 20.1 Å². The third kappa shape index (κ3) is 8.83. The van der Waals surface area contributed by atoms with Crippen molar-refractivity contribution >= 4 is 34.6 Å². The first-order valence-corrected chi connectivity index (χ1v) is 14.6. The van der Waals surface area contributed by atoms with Gasteiger partial charge in [-0.3, -0.25) is 0 Å². The molecule has 0 unspecified atom stereocenters. The van der Waals surface area contributed by atoms with Gasteiger partial charge in [-0.15, -0.1) is 0 Å². The maximum atomic E-state index is 5.65. The average Bonchev–Trinajstić information content (AvgIpc) is 3.57. The van der Waals surface area contributed by atoms with Crippen molar-refractivity contribution in [3.05, 3.63) is 18.4 Å². The normalized spacial score (nSPS) is 14.0. The molecule has 238 valence electrons. The van der Waals surface area contributed by atoms with Crippen LogP contribution in [0.1, 0.15) is 18.6 Å². The lowest BCUT2D eigenvalue weighted by atomic mass is 10.1. The summed E-state index contributed by atoms with van der Waals surface area (Å²) in [5.74, 6) is 3.06. The number of hydrogen-bond donors (Lipinski definition) is 1. The third-order valence-corrected chi connectivity index (χ3v) is 7.32. The van der Waals surface area contributed by atoms with E-state index >= 15 is 0 Å². The molecule has 3 aromatic heterocycles. The number of piperidine rings is 1.